The van der Waals surface area contributed by atoms with Crippen molar-refractivity contribution in [3.8, 4) is 0 Å². The van der Waals surface area contributed by atoms with Gasteiger partial charge in [0.05, 0.1) is 0 Å². The van der Waals surface area contributed by atoms with Crippen LogP contribution in [0.2, 0.25) is 0 Å². The summed E-state index contributed by atoms with van der Waals surface area (Å²) >= 11 is 1.59. The predicted octanol–water partition coefficient (Wildman–Crippen LogP) is 3.05. The Kier molecular flexibility index (Phi) is 5.26. The number of piperidine rings is 1. The maximum atomic E-state index is 6.40. The third-order valence-electron chi connectivity index (χ3n) is 4.63. The Morgan fingerprint density at radius 3 is 2.50 bits per heavy atom. The van der Waals surface area contributed by atoms with E-state index in [-0.39, 0.29) is 0 Å². The van der Waals surface area contributed by atoms with Gasteiger partial charge in [0, 0.05) is 18.0 Å². The van der Waals surface area contributed by atoms with Crippen molar-refractivity contribution >= 4 is 23.3 Å². The molecule has 1 saturated heterocycles. The van der Waals surface area contributed by atoms with E-state index in [1.165, 1.54) is 5.56 Å². The number of nitrogens with two attached hydrogens (primary N) is 1. The van der Waals surface area contributed by atoms with Gasteiger partial charge in [0.1, 0.15) is 17.0 Å². The molecule has 0 radical (unpaired) electrons. The lowest BCUT2D eigenvalue weighted by Crippen LogP contribution is -2.42. The van der Waals surface area contributed by atoms with E-state index >= 15 is 0 Å². The Bertz CT molecular complexity index is 680. The minimum absolute atomic E-state index is 0.482. The van der Waals surface area contributed by atoms with Crippen LogP contribution in [0.1, 0.15) is 18.4 Å². The summed E-state index contributed by atoms with van der Waals surface area (Å²) in [6.07, 6.45) is 3.89. The molecule has 3 rings (SSSR count). The number of likely N-dealkylation sites (tertiary alicyclic amines) is 1. The van der Waals surface area contributed by atoms with E-state index in [4.69, 9.17) is 5.73 Å². The van der Waals surface area contributed by atoms with Crippen molar-refractivity contribution in [2.45, 2.75) is 35.7 Å². The van der Waals surface area contributed by atoms with Gasteiger partial charge in [-0.05, 0) is 52.0 Å². The molecule has 0 spiro atoms. The Labute approximate surface area is 148 Å². The number of nitrogens with zero attached hydrogens (tertiary/aromatic N) is 4. The molecule has 0 unspecified atom stereocenters. The molecule has 0 atom stereocenters. The second-order valence-corrected chi connectivity index (χ2v) is 7.54. The zero-order valence-electron chi connectivity index (χ0n) is 14.6. The molecular formula is C18H25N5S. The van der Waals surface area contributed by atoms with Crippen LogP contribution in [-0.4, -0.2) is 48.1 Å². The van der Waals surface area contributed by atoms with Gasteiger partial charge < -0.3 is 15.5 Å². The quantitative estimate of drug-likeness (QED) is 0.861. The third kappa shape index (κ3) is 3.82. The van der Waals surface area contributed by atoms with Gasteiger partial charge >= 0.3 is 0 Å². The average molecular weight is 344 g/mol. The molecule has 0 bridgehead atoms. The number of aryl methyl sites for hydroxylation is 1. The monoisotopic (exact) mass is 343 g/mol. The van der Waals surface area contributed by atoms with Crippen molar-refractivity contribution in [2.24, 2.45) is 0 Å². The first-order valence-corrected chi connectivity index (χ1v) is 9.12. The molecule has 6 heteroatoms. The van der Waals surface area contributed by atoms with Crippen molar-refractivity contribution in [1.29, 1.82) is 0 Å². The van der Waals surface area contributed by atoms with Crippen LogP contribution in [0.3, 0.4) is 0 Å². The zero-order valence-corrected chi connectivity index (χ0v) is 15.4. The zero-order chi connectivity index (χ0) is 17.1. The number of anilines is 2. The number of rotatable bonds is 4. The summed E-state index contributed by atoms with van der Waals surface area (Å²) in [6, 6.07) is 8.89. The van der Waals surface area contributed by atoms with Crippen LogP contribution in [0, 0.1) is 6.92 Å². The number of hydrogen-bond donors (Lipinski definition) is 1. The van der Waals surface area contributed by atoms with Gasteiger partial charge in [-0.2, -0.15) is 0 Å². The summed E-state index contributed by atoms with van der Waals surface area (Å²) in [5, 5.41) is 0.823. The van der Waals surface area contributed by atoms with Gasteiger partial charge in [0.15, 0.2) is 5.82 Å². The minimum atomic E-state index is 0.482. The van der Waals surface area contributed by atoms with E-state index < -0.39 is 0 Å². The topological polar surface area (TPSA) is 58.3 Å². The fourth-order valence-corrected chi connectivity index (χ4v) is 3.80. The molecule has 0 saturated carbocycles. The first-order chi connectivity index (χ1) is 11.5. The van der Waals surface area contributed by atoms with Crippen molar-refractivity contribution in [3.63, 3.8) is 0 Å². The van der Waals surface area contributed by atoms with Gasteiger partial charge in [-0.25, -0.2) is 9.97 Å². The largest absolute Gasteiger partial charge is 0.394 e. The molecule has 1 aromatic heterocycles. The molecule has 128 valence electrons. The highest BCUT2D eigenvalue weighted by atomic mass is 32.2. The van der Waals surface area contributed by atoms with E-state index in [9.17, 15) is 0 Å². The molecule has 1 aliphatic rings. The summed E-state index contributed by atoms with van der Waals surface area (Å²) < 4.78 is 0. The normalized spacial score (nSPS) is 16.3. The van der Waals surface area contributed by atoms with Crippen molar-refractivity contribution < 1.29 is 0 Å². The fourth-order valence-electron chi connectivity index (χ4n) is 3.01. The van der Waals surface area contributed by atoms with E-state index in [0.717, 1.165) is 41.7 Å². The van der Waals surface area contributed by atoms with E-state index in [1.54, 1.807) is 18.1 Å². The standard InChI is InChI=1S/C18H25N5S/c1-13-4-6-15(7-5-13)24-18-16(19)17(20-12-21-18)23(3)14-8-10-22(2)11-9-14/h4-7,12,14H,8-11,19H2,1-3H3. The summed E-state index contributed by atoms with van der Waals surface area (Å²) in [4.78, 5) is 14.6. The molecule has 5 nitrogen and oxygen atoms in total. The average Bonchev–Trinajstić information content (AvgIpc) is 2.59. The highest BCUT2D eigenvalue weighted by Gasteiger charge is 2.24. The molecular weight excluding hydrogens is 318 g/mol. The van der Waals surface area contributed by atoms with Crippen LogP contribution in [0.4, 0.5) is 11.5 Å². The summed E-state index contributed by atoms with van der Waals surface area (Å²) in [5.74, 6) is 0.842. The lowest BCUT2D eigenvalue weighted by atomic mass is 10.0. The van der Waals surface area contributed by atoms with Gasteiger partial charge in [0.25, 0.3) is 0 Å². The minimum Gasteiger partial charge on any atom is -0.394 e. The molecule has 1 aromatic carbocycles. The number of nitrogen functional groups attached to an aromatic ring is 1. The van der Waals surface area contributed by atoms with Crippen LogP contribution in [0.15, 0.2) is 40.5 Å². The van der Waals surface area contributed by atoms with Crippen molar-refractivity contribution in [3.05, 3.63) is 36.2 Å². The molecule has 1 aliphatic heterocycles. The number of hydrogen-bond acceptors (Lipinski definition) is 6. The smallest absolute Gasteiger partial charge is 0.156 e. The molecule has 24 heavy (non-hydrogen) atoms. The summed E-state index contributed by atoms with van der Waals surface area (Å²) in [6.45, 7) is 4.32. The molecule has 2 heterocycles. The van der Waals surface area contributed by atoms with E-state index in [0.29, 0.717) is 11.7 Å². The van der Waals surface area contributed by atoms with Crippen molar-refractivity contribution in [2.75, 3.05) is 37.8 Å². The predicted molar refractivity (Wildman–Crippen MR) is 101 cm³/mol. The first kappa shape index (κ1) is 17.0. The molecule has 2 aromatic rings. The Morgan fingerprint density at radius 1 is 1.17 bits per heavy atom. The van der Waals surface area contributed by atoms with Crippen LogP contribution in [-0.2, 0) is 0 Å². The summed E-state index contributed by atoms with van der Waals surface area (Å²) in [7, 11) is 4.26. The van der Waals surface area contributed by atoms with Gasteiger partial charge in [-0.15, -0.1) is 0 Å². The van der Waals surface area contributed by atoms with Gasteiger partial charge in [-0.1, -0.05) is 29.5 Å². The maximum absolute atomic E-state index is 6.40. The molecule has 2 N–H and O–H groups in total. The van der Waals surface area contributed by atoms with E-state index in [2.05, 4.69) is 65.1 Å². The van der Waals surface area contributed by atoms with Crippen LogP contribution < -0.4 is 10.6 Å². The van der Waals surface area contributed by atoms with Crippen LogP contribution in [0.5, 0.6) is 0 Å². The maximum Gasteiger partial charge on any atom is 0.156 e. The highest BCUT2D eigenvalue weighted by Crippen LogP contribution is 2.35. The van der Waals surface area contributed by atoms with Crippen LogP contribution in [0.25, 0.3) is 0 Å². The Hall–Kier alpha value is -1.79. The van der Waals surface area contributed by atoms with Crippen LogP contribution >= 0.6 is 11.8 Å². The molecule has 0 amide bonds. The van der Waals surface area contributed by atoms with E-state index in [1.807, 2.05) is 0 Å². The second kappa shape index (κ2) is 7.40. The Balaban J connectivity index is 1.78. The molecule has 1 fully saturated rings. The lowest BCUT2D eigenvalue weighted by molar-refractivity contribution is 0.252. The first-order valence-electron chi connectivity index (χ1n) is 8.31. The highest BCUT2D eigenvalue weighted by molar-refractivity contribution is 7.99. The number of aromatic nitrogens is 2. The second-order valence-electron chi connectivity index (χ2n) is 6.48. The lowest BCUT2D eigenvalue weighted by Gasteiger charge is -2.36. The van der Waals surface area contributed by atoms with Crippen molar-refractivity contribution in [1.82, 2.24) is 14.9 Å². The van der Waals surface area contributed by atoms with Gasteiger partial charge in [0.2, 0.25) is 0 Å². The number of benzene rings is 1. The third-order valence-corrected chi connectivity index (χ3v) is 5.66. The Morgan fingerprint density at radius 2 is 1.83 bits per heavy atom. The van der Waals surface area contributed by atoms with Gasteiger partial charge in [-0.3, -0.25) is 0 Å². The fraction of sp³-hybridized carbons (Fsp3) is 0.444. The SMILES string of the molecule is Cc1ccc(Sc2ncnc(N(C)C3CCN(C)CC3)c2N)cc1. The molecule has 0 aliphatic carbocycles. The summed E-state index contributed by atoms with van der Waals surface area (Å²) in [5.41, 5.74) is 8.32.